The molecule has 3 aliphatic heterocycles. The molecule has 3 aromatic carbocycles. The lowest BCUT2D eigenvalue weighted by Gasteiger charge is -2.35. The molecule has 37 heavy (non-hydrogen) atoms. The third kappa shape index (κ3) is 3.45. The third-order valence-electron chi connectivity index (χ3n) is 7.50. The van der Waals surface area contributed by atoms with E-state index in [1.165, 1.54) is 18.2 Å². The fourth-order valence-electron chi connectivity index (χ4n) is 5.83. The molecule has 0 aliphatic carbocycles. The Morgan fingerprint density at radius 2 is 1.68 bits per heavy atom. The first-order valence-corrected chi connectivity index (χ1v) is 12.5. The Bertz CT molecular complexity index is 1530. The maximum atomic E-state index is 14.0. The number of nitro groups is 1. The van der Waals surface area contributed by atoms with Crippen LogP contribution >= 0.6 is 15.9 Å². The van der Waals surface area contributed by atoms with Gasteiger partial charge in [0.1, 0.15) is 6.04 Å². The number of rotatable bonds is 4. The highest BCUT2D eigenvalue weighted by molar-refractivity contribution is 9.10. The standard InChI is InChI=1S/C28H20BrN3O5/c1-15-6-11-19(32(36)37)14-21(15)31-27(34)22-23(28(31)35)25(26(33)17-7-9-18(29)10-8-17)30-13-12-16-4-2-3-5-20(16)24(22)30/h2-14,22-25H,1H3/t22-,23+,24-,25+/m0/s1. The molecule has 2 saturated heterocycles. The molecule has 0 saturated carbocycles. The molecule has 0 N–H and O–H groups in total. The van der Waals surface area contributed by atoms with Gasteiger partial charge >= 0.3 is 0 Å². The maximum absolute atomic E-state index is 14.0. The smallest absolute Gasteiger partial charge is 0.271 e. The van der Waals surface area contributed by atoms with Gasteiger partial charge in [-0.1, -0.05) is 58.4 Å². The fraction of sp³-hybridized carbons (Fsp3) is 0.179. The first-order chi connectivity index (χ1) is 17.8. The van der Waals surface area contributed by atoms with E-state index in [9.17, 15) is 24.5 Å². The summed E-state index contributed by atoms with van der Waals surface area (Å²) in [4.78, 5) is 55.7. The van der Waals surface area contributed by atoms with Crippen molar-refractivity contribution in [1.29, 1.82) is 0 Å². The molecule has 3 heterocycles. The van der Waals surface area contributed by atoms with Gasteiger partial charge in [-0.3, -0.25) is 24.5 Å². The van der Waals surface area contributed by atoms with Crippen molar-refractivity contribution in [2.75, 3.05) is 4.90 Å². The number of imide groups is 1. The molecule has 2 amide bonds. The molecule has 0 unspecified atom stereocenters. The Labute approximate surface area is 220 Å². The van der Waals surface area contributed by atoms with E-state index in [0.717, 1.165) is 20.5 Å². The number of non-ortho nitro benzene ring substituents is 1. The Kier molecular flexibility index (Phi) is 5.34. The van der Waals surface area contributed by atoms with E-state index in [2.05, 4.69) is 15.9 Å². The molecule has 0 aromatic heterocycles. The highest BCUT2D eigenvalue weighted by Gasteiger charge is 2.64. The van der Waals surface area contributed by atoms with Crippen LogP contribution in [0.15, 0.2) is 77.4 Å². The second kappa shape index (κ2) is 8.48. The number of amides is 2. The summed E-state index contributed by atoms with van der Waals surface area (Å²) in [5.41, 5.74) is 2.75. The summed E-state index contributed by atoms with van der Waals surface area (Å²) in [5.74, 6) is -2.99. The molecule has 2 fully saturated rings. The van der Waals surface area contributed by atoms with E-state index in [4.69, 9.17) is 0 Å². The predicted molar refractivity (Wildman–Crippen MR) is 140 cm³/mol. The van der Waals surface area contributed by atoms with Gasteiger partial charge in [0.15, 0.2) is 5.78 Å². The SMILES string of the molecule is Cc1ccc([N+](=O)[O-])cc1N1C(=O)[C@@H]2[C@H](C1=O)[C@@H]1c3ccccc3C=CN1[C@H]2C(=O)c1ccc(Br)cc1. The number of carbonyl (C=O) groups excluding carboxylic acids is 3. The van der Waals surface area contributed by atoms with Crippen LogP contribution in [0.2, 0.25) is 0 Å². The third-order valence-corrected chi connectivity index (χ3v) is 8.03. The van der Waals surface area contributed by atoms with Gasteiger partial charge in [-0.15, -0.1) is 0 Å². The number of carbonyl (C=O) groups is 3. The van der Waals surface area contributed by atoms with Crippen LogP contribution in [-0.4, -0.2) is 33.5 Å². The number of Topliss-reactive ketones (excluding diaryl/α,β-unsaturated/α-hetero) is 1. The van der Waals surface area contributed by atoms with Crippen molar-refractivity contribution in [3.8, 4) is 0 Å². The Morgan fingerprint density at radius 3 is 2.41 bits per heavy atom. The lowest BCUT2D eigenvalue weighted by molar-refractivity contribution is -0.384. The summed E-state index contributed by atoms with van der Waals surface area (Å²) in [5, 5.41) is 11.4. The monoisotopic (exact) mass is 557 g/mol. The minimum Gasteiger partial charge on any atom is -0.358 e. The van der Waals surface area contributed by atoms with Gasteiger partial charge in [0, 0.05) is 28.4 Å². The van der Waals surface area contributed by atoms with E-state index in [1.807, 2.05) is 35.2 Å². The highest BCUT2D eigenvalue weighted by Crippen LogP contribution is 2.54. The predicted octanol–water partition coefficient (Wildman–Crippen LogP) is 5.06. The van der Waals surface area contributed by atoms with Crippen molar-refractivity contribution in [3.05, 3.63) is 110 Å². The van der Waals surface area contributed by atoms with Crippen LogP contribution in [0.25, 0.3) is 6.08 Å². The van der Waals surface area contributed by atoms with Crippen LogP contribution in [0.4, 0.5) is 11.4 Å². The summed E-state index contributed by atoms with van der Waals surface area (Å²) in [6.45, 7) is 1.70. The minimum atomic E-state index is -0.942. The van der Waals surface area contributed by atoms with E-state index in [-0.39, 0.29) is 17.2 Å². The number of fused-ring (bicyclic) bond motifs is 5. The summed E-state index contributed by atoms with van der Waals surface area (Å²) in [7, 11) is 0. The number of ketones is 1. The van der Waals surface area contributed by atoms with Crippen LogP contribution in [0.3, 0.4) is 0 Å². The number of halogens is 1. The summed E-state index contributed by atoms with van der Waals surface area (Å²) in [6.07, 6.45) is 3.70. The molecule has 3 aromatic rings. The Balaban J connectivity index is 1.51. The molecule has 0 bridgehead atoms. The molecule has 0 radical (unpaired) electrons. The largest absolute Gasteiger partial charge is 0.358 e. The fourth-order valence-corrected chi connectivity index (χ4v) is 6.10. The van der Waals surface area contributed by atoms with Crippen LogP contribution in [0.5, 0.6) is 0 Å². The molecule has 184 valence electrons. The van der Waals surface area contributed by atoms with E-state index in [1.54, 1.807) is 37.4 Å². The number of hydrogen-bond acceptors (Lipinski definition) is 6. The van der Waals surface area contributed by atoms with E-state index >= 15 is 0 Å². The van der Waals surface area contributed by atoms with Gasteiger partial charge in [-0.25, -0.2) is 4.90 Å². The zero-order chi connectivity index (χ0) is 26.0. The van der Waals surface area contributed by atoms with Crippen molar-refractivity contribution in [2.24, 2.45) is 11.8 Å². The zero-order valence-electron chi connectivity index (χ0n) is 19.6. The molecule has 6 rings (SSSR count). The quantitative estimate of drug-likeness (QED) is 0.192. The Morgan fingerprint density at radius 1 is 0.973 bits per heavy atom. The average Bonchev–Trinajstić information content (AvgIpc) is 3.37. The molecule has 4 atom stereocenters. The first-order valence-electron chi connectivity index (χ1n) is 11.7. The number of nitro benzene ring substituents is 1. The van der Waals surface area contributed by atoms with Crippen molar-refractivity contribution >= 4 is 51.0 Å². The number of hydrogen-bond donors (Lipinski definition) is 0. The van der Waals surface area contributed by atoms with Gasteiger partial charge < -0.3 is 4.90 Å². The van der Waals surface area contributed by atoms with Crippen molar-refractivity contribution in [3.63, 3.8) is 0 Å². The lowest BCUT2D eigenvalue weighted by Crippen LogP contribution is -2.44. The summed E-state index contributed by atoms with van der Waals surface area (Å²) < 4.78 is 0.817. The van der Waals surface area contributed by atoms with E-state index < -0.39 is 40.7 Å². The lowest BCUT2D eigenvalue weighted by atomic mass is 9.83. The molecule has 0 spiro atoms. The first kappa shape index (κ1) is 23.3. The van der Waals surface area contributed by atoms with Gasteiger partial charge in [0.25, 0.3) is 5.69 Å². The maximum Gasteiger partial charge on any atom is 0.271 e. The number of aryl methyl sites for hydroxylation is 1. The zero-order valence-corrected chi connectivity index (χ0v) is 21.2. The molecule has 9 heteroatoms. The number of anilines is 1. The van der Waals surface area contributed by atoms with Gasteiger partial charge in [-0.05, 0) is 41.8 Å². The highest BCUT2D eigenvalue weighted by atomic mass is 79.9. The van der Waals surface area contributed by atoms with Crippen LogP contribution in [0, 0.1) is 28.9 Å². The molecule has 3 aliphatic rings. The second-order valence-corrected chi connectivity index (χ2v) is 10.4. The van der Waals surface area contributed by atoms with Gasteiger partial charge in [-0.2, -0.15) is 0 Å². The number of nitrogens with zero attached hydrogens (tertiary/aromatic N) is 3. The van der Waals surface area contributed by atoms with Crippen LogP contribution in [0.1, 0.15) is 33.1 Å². The van der Waals surface area contributed by atoms with Crippen LogP contribution in [-0.2, 0) is 9.59 Å². The van der Waals surface area contributed by atoms with Crippen molar-refractivity contribution in [2.45, 2.75) is 19.0 Å². The minimum absolute atomic E-state index is 0.180. The normalized spacial score (nSPS) is 23.6. The molecule has 8 nitrogen and oxygen atoms in total. The van der Waals surface area contributed by atoms with Crippen molar-refractivity contribution in [1.82, 2.24) is 4.90 Å². The van der Waals surface area contributed by atoms with Crippen molar-refractivity contribution < 1.29 is 19.3 Å². The van der Waals surface area contributed by atoms with E-state index in [0.29, 0.717) is 11.1 Å². The second-order valence-electron chi connectivity index (χ2n) is 9.44. The summed E-state index contributed by atoms with van der Waals surface area (Å²) >= 11 is 3.38. The Hall–Kier alpha value is -4.11. The van der Waals surface area contributed by atoms with Crippen LogP contribution < -0.4 is 4.90 Å². The molecular formula is C28H20BrN3O5. The molecular weight excluding hydrogens is 538 g/mol. The average molecular weight is 558 g/mol. The topological polar surface area (TPSA) is 101 Å². The number of benzene rings is 3. The summed E-state index contributed by atoms with van der Waals surface area (Å²) in [6, 6.07) is 17.2. The van der Waals surface area contributed by atoms with Gasteiger partial charge in [0.05, 0.1) is 28.5 Å². The van der Waals surface area contributed by atoms with Gasteiger partial charge in [0.2, 0.25) is 11.8 Å².